The van der Waals surface area contributed by atoms with E-state index in [2.05, 4.69) is 57.8 Å². The molecule has 5 nitrogen and oxygen atoms in total. The number of Topliss-reactive ketones (excluding diaryl/α,β-unsaturated/α-hetero) is 1. The highest BCUT2D eigenvalue weighted by molar-refractivity contribution is 6.03. The highest BCUT2D eigenvalue weighted by atomic mass is 16.1. The summed E-state index contributed by atoms with van der Waals surface area (Å²) < 4.78 is 0. The van der Waals surface area contributed by atoms with Gasteiger partial charge in [-0.15, -0.1) is 0 Å². The number of nitrogens with one attached hydrogen (secondary N) is 1. The van der Waals surface area contributed by atoms with Crippen molar-refractivity contribution in [3.63, 3.8) is 0 Å². The molecule has 5 aromatic rings. The molecule has 4 aromatic carbocycles. The Morgan fingerprint density at radius 3 is 2.60 bits per heavy atom. The van der Waals surface area contributed by atoms with E-state index in [1.807, 2.05) is 79.3 Å². The van der Waals surface area contributed by atoms with Gasteiger partial charge in [0.05, 0.1) is 17.3 Å². The number of ketones is 1. The second-order valence-electron chi connectivity index (χ2n) is 11.9. The van der Waals surface area contributed by atoms with Gasteiger partial charge in [-0.25, -0.2) is 0 Å². The van der Waals surface area contributed by atoms with E-state index in [1.54, 1.807) is 6.21 Å². The first-order valence-corrected chi connectivity index (χ1v) is 15.7. The second kappa shape index (κ2) is 12.7. The first-order valence-electron chi connectivity index (χ1n) is 15.7. The largest absolute Gasteiger partial charge is 0.399 e. The highest BCUT2D eigenvalue weighted by Crippen LogP contribution is 2.47. The molecular weight excluding hydrogens is 552 g/mol. The fourth-order valence-corrected chi connectivity index (χ4v) is 7.04. The van der Waals surface area contributed by atoms with Gasteiger partial charge in [0, 0.05) is 36.1 Å². The van der Waals surface area contributed by atoms with Crippen LogP contribution in [0.15, 0.2) is 127 Å². The van der Waals surface area contributed by atoms with Crippen molar-refractivity contribution >= 4 is 29.1 Å². The van der Waals surface area contributed by atoms with Gasteiger partial charge in [0.25, 0.3) is 0 Å². The summed E-state index contributed by atoms with van der Waals surface area (Å²) in [5, 5.41) is 3.12. The van der Waals surface area contributed by atoms with Crippen LogP contribution in [0, 0.1) is 0 Å². The quantitative estimate of drug-likeness (QED) is 0.162. The van der Waals surface area contributed by atoms with Crippen LogP contribution in [0.5, 0.6) is 0 Å². The molecule has 0 amide bonds. The van der Waals surface area contributed by atoms with E-state index in [1.165, 1.54) is 45.4 Å². The van der Waals surface area contributed by atoms with Gasteiger partial charge in [-0.2, -0.15) is 0 Å². The molecule has 8 rings (SSSR count). The Hall–Kier alpha value is -5.29. The van der Waals surface area contributed by atoms with Crippen LogP contribution in [0.2, 0.25) is 0 Å². The Morgan fingerprint density at radius 2 is 1.73 bits per heavy atom. The number of anilines is 2. The molecule has 0 bridgehead atoms. The maximum atomic E-state index is 13.9. The molecule has 0 radical (unpaired) electrons. The van der Waals surface area contributed by atoms with Crippen LogP contribution in [0.1, 0.15) is 62.9 Å². The first-order chi connectivity index (χ1) is 22.2. The first kappa shape index (κ1) is 28.5. The second-order valence-corrected chi connectivity index (χ2v) is 11.9. The summed E-state index contributed by atoms with van der Waals surface area (Å²) in [6, 6.07) is 32.7. The number of nitrogens with zero attached hydrogens (tertiary/aromatic N) is 2. The lowest BCUT2D eigenvalue weighted by Gasteiger charge is -2.34. The third kappa shape index (κ3) is 5.94. The Bertz CT molecular complexity index is 1890. The number of para-hydroxylation sites is 2. The molecule has 0 saturated heterocycles. The number of pyridine rings is 1. The van der Waals surface area contributed by atoms with E-state index in [9.17, 15) is 4.79 Å². The standard InChI is InChI=1S/C31H28N2O.C9H8N2/c32-24-12-10-21(11-13-24)31(34)29-18-23-6-1-2-8-25(23)28-15-14-26-22(7-3-9-27(26)30(28)29)17-20-5-4-16-33-19-20;1-2-5-9-8(4-1)10-6-3-7-11-9/h1-2,4-6,8,10-16,19,22,29H,3,7,9,17-18,32H2;1-7,10H. The topological polar surface area (TPSA) is 80.4 Å². The molecule has 2 aliphatic carbocycles. The van der Waals surface area contributed by atoms with Crippen LogP contribution in [0.4, 0.5) is 17.1 Å². The Labute approximate surface area is 264 Å². The number of allylic oxidation sites excluding steroid dienone is 1. The van der Waals surface area contributed by atoms with Gasteiger partial charge in [0.1, 0.15) is 0 Å². The van der Waals surface area contributed by atoms with Crippen molar-refractivity contribution in [1.29, 1.82) is 0 Å². The van der Waals surface area contributed by atoms with Crippen molar-refractivity contribution in [1.82, 2.24) is 4.98 Å². The number of rotatable bonds is 4. The number of aliphatic imine (C=N–C) groups is 1. The minimum absolute atomic E-state index is 0.166. The van der Waals surface area contributed by atoms with E-state index < -0.39 is 0 Å². The average molecular weight is 589 g/mol. The lowest BCUT2D eigenvalue weighted by molar-refractivity contribution is 0.0958. The van der Waals surface area contributed by atoms with Gasteiger partial charge in [0.15, 0.2) is 5.78 Å². The van der Waals surface area contributed by atoms with E-state index in [0.717, 1.165) is 42.6 Å². The molecule has 3 N–H and O–H groups in total. The summed E-state index contributed by atoms with van der Waals surface area (Å²) in [6.07, 6.45) is 14.4. The van der Waals surface area contributed by atoms with Crippen LogP contribution >= 0.6 is 0 Å². The van der Waals surface area contributed by atoms with Crippen molar-refractivity contribution in [2.24, 2.45) is 4.99 Å². The van der Waals surface area contributed by atoms with Crippen molar-refractivity contribution < 1.29 is 4.79 Å². The molecule has 1 aromatic heterocycles. The summed E-state index contributed by atoms with van der Waals surface area (Å²) >= 11 is 0. The molecule has 2 heterocycles. The lowest BCUT2D eigenvalue weighted by atomic mass is 9.69. The van der Waals surface area contributed by atoms with Gasteiger partial charge >= 0.3 is 0 Å². The minimum atomic E-state index is -0.166. The fraction of sp³-hybridized carbons (Fsp3) is 0.175. The number of carbonyl (C=O) groups is 1. The zero-order valence-corrected chi connectivity index (χ0v) is 25.2. The Morgan fingerprint density at radius 1 is 0.889 bits per heavy atom. The van der Waals surface area contributed by atoms with Crippen LogP contribution < -0.4 is 11.1 Å². The molecule has 5 heteroatoms. The zero-order valence-electron chi connectivity index (χ0n) is 25.2. The number of aromatic nitrogens is 1. The van der Waals surface area contributed by atoms with E-state index in [0.29, 0.717) is 11.6 Å². The van der Waals surface area contributed by atoms with Crippen LogP contribution in [-0.4, -0.2) is 17.0 Å². The SMILES string of the molecule is C1=CNc2ccccc2N=C1.Nc1ccc(C(=O)C2Cc3ccccc3-c3ccc4c(c32)CCCC4Cc2cccnc2)cc1. The van der Waals surface area contributed by atoms with Crippen molar-refractivity contribution in [2.45, 2.75) is 43.9 Å². The molecular formula is C40H36N4O. The summed E-state index contributed by atoms with van der Waals surface area (Å²) in [5.41, 5.74) is 18.5. The fourth-order valence-electron chi connectivity index (χ4n) is 7.04. The van der Waals surface area contributed by atoms with E-state index >= 15 is 0 Å². The number of carbonyl (C=O) groups excluding carboxylic acids is 1. The molecule has 2 atom stereocenters. The molecule has 0 fully saturated rings. The monoisotopic (exact) mass is 588 g/mol. The molecule has 1 aliphatic heterocycles. The zero-order chi connectivity index (χ0) is 30.6. The van der Waals surface area contributed by atoms with Crippen molar-refractivity contribution in [3.05, 3.63) is 155 Å². The van der Waals surface area contributed by atoms with Gasteiger partial charge in [0.2, 0.25) is 0 Å². The number of fused-ring (bicyclic) bond motifs is 6. The number of hydrogen-bond acceptors (Lipinski definition) is 5. The maximum absolute atomic E-state index is 13.9. The predicted molar refractivity (Wildman–Crippen MR) is 184 cm³/mol. The van der Waals surface area contributed by atoms with Gasteiger partial charge in [-0.3, -0.25) is 14.8 Å². The van der Waals surface area contributed by atoms with Crippen molar-refractivity contribution in [2.75, 3.05) is 11.1 Å². The molecule has 3 aliphatic rings. The van der Waals surface area contributed by atoms with E-state index in [-0.39, 0.29) is 11.7 Å². The van der Waals surface area contributed by atoms with Gasteiger partial charge in [-0.1, -0.05) is 54.6 Å². The van der Waals surface area contributed by atoms with Crippen molar-refractivity contribution in [3.8, 4) is 11.1 Å². The number of nitrogen functional groups attached to an aromatic ring is 1. The number of hydrogen-bond donors (Lipinski definition) is 2. The maximum Gasteiger partial charge on any atom is 0.170 e. The highest BCUT2D eigenvalue weighted by Gasteiger charge is 2.35. The van der Waals surface area contributed by atoms with Gasteiger partial charge < -0.3 is 11.1 Å². The molecule has 45 heavy (non-hydrogen) atoms. The Kier molecular flexibility index (Phi) is 8.07. The van der Waals surface area contributed by atoms with Gasteiger partial charge in [-0.05, 0) is 126 Å². The Balaban J connectivity index is 0.000000249. The van der Waals surface area contributed by atoms with Crippen LogP contribution in [0.25, 0.3) is 11.1 Å². The summed E-state index contributed by atoms with van der Waals surface area (Å²) in [5.74, 6) is 0.488. The minimum Gasteiger partial charge on any atom is -0.399 e. The lowest BCUT2D eigenvalue weighted by Crippen LogP contribution is -2.24. The normalized spacial score (nSPS) is 17.2. The molecule has 2 unspecified atom stereocenters. The molecule has 222 valence electrons. The summed E-state index contributed by atoms with van der Waals surface area (Å²) in [6.45, 7) is 0. The average Bonchev–Trinajstić information content (AvgIpc) is 3.34. The van der Waals surface area contributed by atoms with E-state index in [4.69, 9.17) is 5.73 Å². The molecule has 0 saturated carbocycles. The third-order valence-corrected chi connectivity index (χ3v) is 9.15. The smallest absolute Gasteiger partial charge is 0.170 e. The number of benzene rings is 4. The third-order valence-electron chi connectivity index (χ3n) is 9.15. The predicted octanol–water partition coefficient (Wildman–Crippen LogP) is 8.84. The molecule has 0 spiro atoms. The number of nitrogens with two attached hydrogens (primary N) is 1. The van der Waals surface area contributed by atoms with Crippen LogP contribution in [0.3, 0.4) is 0 Å². The summed E-state index contributed by atoms with van der Waals surface area (Å²) in [7, 11) is 0. The summed E-state index contributed by atoms with van der Waals surface area (Å²) in [4.78, 5) is 22.4. The van der Waals surface area contributed by atoms with Crippen LogP contribution in [-0.2, 0) is 19.3 Å².